The molecule has 1 rings (SSSR count). The summed E-state index contributed by atoms with van der Waals surface area (Å²) in [7, 11) is 0. The molecular formula is C14H26N2O3S. The van der Waals surface area contributed by atoms with Crippen LogP contribution < -0.4 is 5.32 Å². The molecule has 2 N–H and O–H groups in total. The van der Waals surface area contributed by atoms with E-state index in [1.165, 1.54) is 0 Å². The molecule has 0 aromatic heterocycles. The summed E-state index contributed by atoms with van der Waals surface area (Å²) >= 11 is 1.90. The lowest BCUT2D eigenvalue weighted by atomic mass is 10.0. The molecule has 1 unspecified atom stereocenters. The SMILES string of the molecule is CCC(CNC(=O)N1CCSC(C)(C)CC1)CC(=O)O. The van der Waals surface area contributed by atoms with Gasteiger partial charge in [-0.05, 0) is 12.3 Å². The average Bonchev–Trinajstić information content (AvgIpc) is 2.54. The molecule has 0 radical (unpaired) electrons. The Hall–Kier alpha value is -0.910. The van der Waals surface area contributed by atoms with Crippen LogP contribution >= 0.6 is 11.8 Å². The summed E-state index contributed by atoms with van der Waals surface area (Å²) in [5, 5.41) is 11.7. The second kappa shape index (κ2) is 7.76. The van der Waals surface area contributed by atoms with Gasteiger partial charge in [-0.25, -0.2) is 4.79 Å². The van der Waals surface area contributed by atoms with E-state index in [2.05, 4.69) is 19.2 Å². The third kappa shape index (κ3) is 6.03. The molecule has 5 nitrogen and oxygen atoms in total. The molecule has 20 heavy (non-hydrogen) atoms. The fraction of sp³-hybridized carbons (Fsp3) is 0.857. The molecule has 2 amide bonds. The lowest BCUT2D eigenvalue weighted by Crippen LogP contribution is -2.43. The number of hydrogen-bond donors (Lipinski definition) is 2. The van der Waals surface area contributed by atoms with Crippen molar-refractivity contribution < 1.29 is 14.7 Å². The fourth-order valence-corrected chi connectivity index (χ4v) is 3.27. The van der Waals surface area contributed by atoms with Crippen molar-refractivity contribution in [1.29, 1.82) is 0 Å². The molecule has 116 valence electrons. The standard InChI is InChI=1S/C14H26N2O3S/c1-4-11(9-12(17)18)10-15-13(19)16-6-5-14(2,3)20-8-7-16/h11H,4-10H2,1-3H3,(H,15,19)(H,17,18). The van der Waals surface area contributed by atoms with Crippen LogP contribution in [0.2, 0.25) is 0 Å². The molecule has 6 heteroatoms. The van der Waals surface area contributed by atoms with Crippen LogP contribution in [-0.2, 0) is 4.79 Å². The van der Waals surface area contributed by atoms with Gasteiger partial charge < -0.3 is 15.3 Å². The van der Waals surface area contributed by atoms with Gasteiger partial charge in [0, 0.05) is 36.6 Å². The second-order valence-electron chi connectivity index (χ2n) is 5.90. The van der Waals surface area contributed by atoms with Gasteiger partial charge in [0.1, 0.15) is 0 Å². The van der Waals surface area contributed by atoms with Crippen LogP contribution in [-0.4, -0.2) is 52.1 Å². The molecule has 1 heterocycles. The molecule has 0 spiro atoms. The molecule has 1 aliphatic rings. The molecule has 1 atom stereocenters. The van der Waals surface area contributed by atoms with Gasteiger partial charge in [0.2, 0.25) is 0 Å². The van der Waals surface area contributed by atoms with Crippen LogP contribution in [0.15, 0.2) is 0 Å². The Morgan fingerprint density at radius 1 is 1.40 bits per heavy atom. The Morgan fingerprint density at radius 3 is 2.70 bits per heavy atom. The summed E-state index contributed by atoms with van der Waals surface area (Å²) in [5.41, 5.74) is 0. The van der Waals surface area contributed by atoms with Gasteiger partial charge in [0.15, 0.2) is 0 Å². The Bertz CT molecular complexity index is 347. The molecular weight excluding hydrogens is 276 g/mol. The van der Waals surface area contributed by atoms with E-state index in [1.54, 1.807) is 0 Å². The maximum Gasteiger partial charge on any atom is 0.317 e. The molecule has 1 saturated heterocycles. The van der Waals surface area contributed by atoms with Gasteiger partial charge in [-0.3, -0.25) is 4.79 Å². The summed E-state index contributed by atoms with van der Waals surface area (Å²) < 4.78 is 0.226. The lowest BCUT2D eigenvalue weighted by Gasteiger charge is -2.24. The van der Waals surface area contributed by atoms with Gasteiger partial charge in [-0.2, -0.15) is 11.8 Å². The average molecular weight is 302 g/mol. The van der Waals surface area contributed by atoms with Crippen molar-refractivity contribution in [3.8, 4) is 0 Å². The number of amides is 2. The highest BCUT2D eigenvalue weighted by Gasteiger charge is 2.26. The van der Waals surface area contributed by atoms with Crippen molar-refractivity contribution >= 4 is 23.8 Å². The van der Waals surface area contributed by atoms with Crippen LogP contribution in [0.3, 0.4) is 0 Å². The van der Waals surface area contributed by atoms with Crippen LogP contribution in [0.1, 0.15) is 40.0 Å². The number of carboxylic acid groups (broad SMARTS) is 1. The van der Waals surface area contributed by atoms with Gasteiger partial charge in [-0.15, -0.1) is 0 Å². The maximum absolute atomic E-state index is 12.1. The summed E-state index contributed by atoms with van der Waals surface area (Å²) in [6.45, 7) is 8.33. The lowest BCUT2D eigenvalue weighted by molar-refractivity contribution is -0.138. The summed E-state index contributed by atoms with van der Waals surface area (Å²) in [6, 6.07) is -0.0628. The van der Waals surface area contributed by atoms with E-state index in [1.807, 2.05) is 23.6 Å². The van der Waals surface area contributed by atoms with E-state index >= 15 is 0 Å². The van der Waals surface area contributed by atoms with Crippen molar-refractivity contribution in [2.45, 2.75) is 44.8 Å². The fourth-order valence-electron chi connectivity index (χ4n) is 2.17. The largest absolute Gasteiger partial charge is 0.481 e. The second-order valence-corrected chi connectivity index (χ2v) is 7.71. The Balaban J connectivity index is 2.40. The number of thioether (sulfide) groups is 1. The number of urea groups is 1. The molecule has 1 fully saturated rings. The van der Waals surface area contributed by atoms with E-state index < -0.39 is 5.97 Å². The highest BCUT2D eigenvalue weighted by Crippen LogP contribution is 2.30. The van der Waals surface area contributed by atoms with E-state index in [0.717, 1.165) is 31.7 Å². The van der Waals surface area contributed by atoms with Crippen molar-refractivity contribution in [2.24, 2.45) is 5.92 Å². The molecule has 0 saturated carbocycles. The molecule has 0 aromatic carbocycles. The van der Waals surface area contributed by atoms with Gasteiger partial charge in [-0.1, -0.05) is 27.2 Å². The van der Waals surface area contributed by atoms with Crippen LogP contribution in [0, 0.1) is 5.92 Å². The minimum absolute atomic E-state index is 0.00856. The van der Waals surface area contributed by atoms with Crippen LogP contribution in [0.25, 0.3) is 0 Å². The van der Waals surface area contributed by atoms with E-state index in [-0.39, 0.29) is 23.1 Å². The first kappa shape index (κ1) is 17.1. The maximum atomic E-state index is 12.1. The highest BCUT2D eigenvalue weighted by molar-refractivity contribution is 8.00. The number of rotatable bonds is 5. The highest BCUT2D eigenvalue weighted by atomic mass is 32.2. The Morgan fingerprint density at radius 2 is 2.10 bits per heavy atom. The number of aliphatic carboxylic acids is 1. The third-order valence-electron chi connectivity index (χ3n) is 3.71. The smallest absolute Gasteiger partial charge is 0.317 e. The van der Waals surface area contributed by atoms with Crippen molar-refractivity contribution in [3.63, 3.8) is 0 Å². The van der Waals surface area contributed by atoms with E-state index in [9.17, 15) is 9.59 Å². The minimum atomic E-state index is -0.806. The normalized spacial score (nSPS) is 20.1. The first-order valence-corrected chi connectivity index (χ1v) is 8.21. The zero-order valence-electron chi connectivity index (χ0n) is 12.6. The van der Waals surface area contributed by atoms with E-state index in [4.69, 9.17) is 5.11 Å². The van der Waals surface area contributed by atoms with E-state index in [0.29, 0.717) is 6.54 Å². The third-order valence-corrected chi connectivity index (χ3v) is 5.08. The number of nitrogens with one attached hydrogen (secondary N) is 1. The molecule has 0 bridgehead atoms. The molecule has 1 aliphatic heterocycles. The summed E-state index contributed by atoms with van der Waals surface area (Å²) in [4.78, 5) is 24.7. The van der Waals surface area contributed by atoms with Gasteiger partial charge in [0.25, 0.3) is 0 Å². The van der Waals surface area contributed by atoms with Gasteiger partial charge in [0.05, 0.1) is 0 Å². The minimum Gasteiger partial charge on any atom is -0.481 e. The van der Waals surface area contributed by atoms with Crippen LogP contribution in [0.4, 0.5) is 4.79 Å². The van der Waals surface area contributed by atoms with Crippen LogP contribution in [0.5, 0.6) is 0 Å². The first-order valence-electron chi connectivity index (χ1n) is 7.22. The van der Waals surface area contributed by atoms with Crippen molar-refractivity contribution in [2.75, 3.05) is 25.4 Å². The summed E-state index contributed by atoms with van der Waals surface area (Å²) in [5.74, 6) is 0.153. The number of carbonyl (C=O) groups is 2. The Labute approximate surface area is 125 Å². The number of carboxylic acids is 1. The van der Waals surface area contributed by atoms with Crippen molar-refractivity contribution in [3.05, 3.63) is 0 Å². The topological polar surface area (TPSA) is 69.6 Å². The predicted octanol–water partition coefficient (Wildman–Crippen LogP) is 2.41. The quantitative estimate of drug-likeness (QED) is 0.818. The monoisotopic (exact) mass is 302 g/mol. The predicted molar refractivity (Wildman–Crippen MR) is 82.2 cm³/mol. The molecule has 0 aromatic rings. The number of carbonyl (C=O) groups excluding carboxylic acids is 1. The first-order chi connectivity index (χ1) is 9.34. The summed E-state index contributed by atoms with van der Waals surface area (Å²) in [6.07, 6.45) is 1.85. The molecule has 0 aliphatic carbocycles. The zero-order chi connectivity index (χ0) is 15.2. The van der Waals surface area contributed by atoms with Crippen molar-refractivity contribution in [1.82, 2.24) is 10.2 Å². The Kier molecular flexibility index (Phi) is 6.65. The zero-order valence-corrected chi connectivity index (χ0v) is 13.5. The number of hydrogen-bond acceptors (Lipinski definition) is 3. The van der Waals surface area contributed by atoms with Gasteiger partial charge >= 0.3 is 12.0 Å². The number of nitrogens with zero attached hydrogens (tertiary/aromatic N) is 1.